The average Bonchev–Trinajstić information content (AvgIpc) is 2.85. The first-order valence-electron chi connectivity index (χ1n) is 8.32. The minimum absolute atomic E-state index is 0.221. The van der Waals surface area contributed by atoms with Crippen LogP contribution in [-0.2, 0) is 16.1 Å². The first-order valence-corrected chi connectivity index (χ1v) is 8.32. The topological polar surface area (TPSA) is 63.7 Å². The fourth-order valence-corrected chi connectivity index (χ4v) is 3.38. The quantitative estimate of drug-likeness (QED) is 0.637. The van der Waals surface area contributed by atoms with Gasteiger partial charge in [0.2, 0.25) is 0 Å². The monoisotopic (exact) mass is 335 g/mol. The van der Waals surface area contributed by atoms with Gasteiger partial charge in [0.05, 0.1) is 17.0 Å². The molecule has 126 valence electrons. The first-order chi connectivity index (χ1) is 12.1. The molecule has 0 saturated heterocycles. The summed E-state index contributed by atoms with van der Waals surface area (Å²) >= 11 is 0. The third kappa shape index (κ3) is 2.71. The van der Waals surface area contributed by atoms with Crippen LogP contribution in [0.15, 0.2) is 54.6 Å². The number of carbonyl (C=O) groups excluding carboxylic acids is 3. The number of nitrogens with zero attached hydrogens (tertiary/aromatic N) is 1. The van der Waals surface area contributed by atoms with Crippen LogP contribution >= 0.6 is 0 Å². The van der Waals surface area contributed by atoms with Crippen molar-refractivity contribution in [3.8, 4) is 0 Å². The molecule has 0 unspecified atom stereocenters. The maximum Gasteiger partial charge on any atom is 0.309 e. The molecular formula is C20H17NO4. The van der Waals surface area contributed by atoms with Gasteiger partial charge in [0, 0.05) is 6.04 Å². The Morgan fingerprint density at radius 1 is 0.920 bits per heavy atom. The largest absolute Gasteiger partial charge is 0.461 e. The molecule has 25 heavy (non-hydrogen) atoms. The maximum absolute atomic E-state index is 12.4. The van der Waals surface area contributed by atoms with E-state index in [4.69, 9.17) is 4.74 Å². The lowest BCUT2D eigenvalue weighted by Gasteiger charge is -2.38. The van der Waals surface area contributed by atoms with Gasteiger partial charge in [-0.1, -0.05) is 42.5 Å². The highest BCUT2D eigenvalue weighted by Gasteiger charge is 2.47. The molecule has 2 aromatic carbocycles. The van der Waals surface area contributed by atoms with E-state index in [0.717, 1.165) is 5.56 Å². The summed E-state index contributed by atoms with van der Waals surface area (Å²) in [5.74, 6) is -1.04. The third-order valence-corrected chi connectivity index (χ3v) is 4.86. The van der Waals surface area contributed by atoms with Crippen LogP contribution in [0.1, 0.15) is 39.1 Å². The van der Waals surface area contributed by atoms with Crippen molar-refractivity contribution in [1.29, 1.82) is 0 Å². The summed E-state index contributed by atoms with van der Waals surface area (Å²) in [6, 6.07) is 16.1. The maximum atomic E-state index is 12.4. The number of amides is 2. The van der Waals surface area contributed by atoms with Gasteiger partial charge in [0.25, 0.3) is 11.8 Å². The molecule has 5 nitrogen and oxygen atoms in total. The third-order valence-electron chi connectivity index (χ3n) is 4.86. The number of rotatable bonds is 4. The van der Waals surface area contributed by atoms with E-state index >= 15 is 0 Å². The number of fused-ring (bicyclic) bond motifs is 1. The minimum Gasteiger partial charge on any atom is -0.461 e. The van der Waals surface area contributed by atoms with Gasteiger partial charge in [-0.25, -0.2) is 0 Å². The summed E-state index contributed by atoms with van der Waals surface area (Å²) in [6.45, 7) is 0.244. The van der Waals surface area contributed by atoms with Gasteiger partial charge in [0.1, 0.15) is 6.61 Å². The normalized spacial score (nSPS) is 21.7. The Morgan fingerprint density at radius 3 is 2.08 bits per heavy atom. The molecule has 2 aliphatic rings. The Labute approximate surface area is 145 Å². The molecule has 2 aromatic rings. The number of benzene rings is 2. The van der Waals surface area contributed by atoms with Crippen molar-refractivity contribution in [1.82, 2.24) is 4.90 Å². The van der Waals surface area contributed by atoms with E-state index in [1.807, 2.05) is 30.3 Å². The number of hydrogen-bond donors (Lipinski definition) is 0. The summed E-state index contributed by atoms with van der Waals surface area (Å²) in [5.41, 5.74) is 1.83. The van der Waals surface area contributed by atoms with E-state index in [-0.39, 0.29) is 36.4 Å². The summed E-state index contributed by atoms with van der Waals surface area (Å²) in [5, 5.41) is 0. The van der Waals surface area contributed by atoms with Gasteiger partial charge in [0.15, 0.2) is 0 Å². The number of esters is 1. The zero-order valence-corrected chi connectivity index (χ0v) is 13.6. The van der Waals surface area contributed by atoms with Crippen LogP contribution in [0.4, 0.5) is 0 Å². The van der Waals surface area contributed by atoms with E-state index in [0.29, 0.717) is 24.0 Å². The first kappa shape index (κ1) is 15.6. The zero-order chi connectivity index (χ0) is 17.4. The van der Waals surface area contributed by atoms with E-state index in [1.54, 1.807) is 24.3 Å². The lowest BCUT2D eigenvalue weighted by atomic mass is 9.79. The molecule has 0 spiro atoms. The Morgan fingerprint density at radius 2 is 1.48 bits per heavy atom. The molecule has 1 aliphatic heterocycles. The number of ether oxygens (including phenoxy) is 1. The average molecular weight is 335 g/mol. The highest BCUT2D eigenvalue weighted by atomic mass is 16.5. The van der Waals surface area contributed by atoms with Gasteiger partial charge < -0.3 is 4.74 Å². The second-order valence-corrected chi connectivity index (χ2v) is 6.44. The summed E-state index contributed by atoms with van der Waals surface area (Å²) in [6.07, 6.45) is 0.943. The van der Waals surface area contributed by atoms with Crippen LogP contribution in [0.5, 0.6) is 0 Å². The van der Waals surface area contributed by atoms with Crippen molar-refractivity contribution in [2.45, 2.75) is 25.5 Å². The van der Waals surface area contributed by atoms with E-state index in [9.17, 15) is 14.4 Å². The minimum atomic E-state index is -0.267. The standard InChI is InChI=1S/C20H17NO4/c22-18-16-8-4-5-9-17(16)19(23)21(18)15-10-14(11-15)20(24)25-12-13-6-2-1-3-7-13/h1-9,14-15H,10-12H2. The molecule has 0 radical (unpaired) electrons. The predicted octanol–water partition coefficient (Wildman–Crippen LogP) is 2.80. The molecule has 1 heterocycles. The van der Waals surface area contributed by atoms with Gasteiger partial charge in [-0.2, -0.15) is 0 Å². The SMILES string of the molecule is O=C(OCc1ccccc1)C1CC(N2C(=O)c3ccccc3C2=O)C1. The van der Waals surface area contributed by atoms with Gasteiger partial charge in [-0.3, -0.25) is 19.3 Å². The fourth-order valence-electron chi connectivity index (χ4n) is 3.38. The van der Waals surface area contributed by atoms with Crippen molar-refractivity contribution in [2.75, 3.05) is 0 Å². The molecule has 1 fully saturated rings. The Hall–Kier alpha value is -2.95. The second-order valence-electron chi connectivity index (χ2n) is 6.44. The predicted molar refractivity (Wildman–Crippen MR) is 89.7 cm³/mol. The van der Waals surface area contributed by atoms with Gasteiger partial charge in [-0.15, -0.1) is 0 Å². The highest BCUT2D eigenvalue weighted by Crippen LogP contribution is 2.37. The van der Waals surface area contributed by atoms with E-state index in [2.05, 4.69) is 0 Å². The highest BCUT2D eigenvalue weighted by molar-refractivity contribution is 6.21. The Bertz CT molecular complexity index is 805. The molecule has 5 heteroatoms. The molecular weight excluding hydrogens is 318 g/mol. The van der Waals surface area contributed by atoms with Gasteiger partial charge in [-0.05, 0) is 30.5 Å². The molecule has 0 aromatic heterocycles. The Kier molecular flexibility index (Phi) is 3.84. The van der Waals surface area contributed by atoms with Gasteiger partial charge >= 0.3 is 5.97 Å². The summed E-state index contributed by atoms with van der Waals surface area (Å²) in [7, 11) is 0. The second kappa shape index (κ2) is 6.16. The van der Waals surface area contributed by atoms with Crippen LogP contribution < -0.4 is 0 Å². The number of carbonyl (C=O) groups is 3. The van der Waals surface area contributed by atoms with E-state index in [1.165, 1.54) is 4.90 Å². The molecule has 1 saturated carbocycles. The van der Waals surface area contributed by atoms with Crippen molar-refractivity contribution < 1.29 is 19.1 Å². The van der Waals surface area contributed by atoms with Crippen LogP contribution in [0, 0.1) is 5.92 Å². The molecule has 4 rings (SSSR count). The van der Waals surface area contributed by atoms with Crippen LogP contribution in [-0.4, -0.2) is 28.7 Å². The number of hydrogen-bond acceptors (Lipinski definition) is 4. The molecule has 2 amide bonds. The number of imide groups is 1. The zero-order valence-electron chi connectivity index (χ0n) is 13.6. The lowest BCUT2D eigenvalue weighted by Crippen LogP contribution is -2.49. The van der Waals surface area contributed by atoms with Crippen molar-refractivity contribution in [2.24, 2.45) is 5.92 Å². The van der Waals surface area contributed by atoms with Crippen LogP contribution in [0.3, 0.4) is 0 Å². The summed E-state index contributed by atoms with van der Waals surface area (Å²) in [4.78, 5) is 38.3. The molecule has 0 atom stereocenters. The van der Waals surface area contributed by atoms with Crippen LogP contribution in [0.2, 0.25) is 0 Å². The van der Waals surface area contributed by atoms with Crippen molar-refractivity contribution >= 4 is 17.8 Å². The lowest BCUT2D eigenvalue weighted by molar-refractivity contribution is -0.154. The van der Waals surface area contributed by atoms with Crippen molar-refractivity contribution in [3.63, 3.8) is 0 Å². The Balaban J connectivity index is 1.34. The fraction of sp³-hybridized carbons (Fsp3) is 0.250. The van der Waals surface area contributed by atoms with Crippen LogP contribution in [0.25, 0.3) is 0 Å². The van der Waals surface area contributed by atoms with Crippen molar-refractivity contribution in [3.05, 3.63) is 71.3 Å². The smallest absolute Gasteiger partial charge is 0.309 e. The van der Waals surface area contributed by atoms with E-state index < -0.39 is 0 Å². The molecule has 0 bridgehead atoms. The molecule has 0 N–H and O–H groups in total. The molecule has 1 aliphatic carbocycles. The summed E-state index contributed by atoms with van der Waals surface area (Å²) < 4.78 is 5.33.